The summed E-state index contributed by atoms with van der Waals surface area (Å²) in [4.78, 5) is 2.58. The van der Waals surface area contributed by atoms with Gasteiger partial charge in [0.05, 0.1) is 6.10 Å². The van der Waals surface area contributed by atoms with E-state index < -0.39 is 0 Å². The second-order valence-corrected chi connectivity index (χ2v) is 6.46. The summed E-state index contributed by atoms with van der Waals surface area (Å²) in [6, 6.07) is 0.451. The topological polar surface area (TPSA) is 35.5 Å². The molecule has 19 heavy (non-hydrogen) atoms. The fourth-order valence-corrected chi connectivity index (χ4v) is 3.67. The minimum absolute atomic E-state index is 0.0720. The van der Waals surface area contributed by atoms with Gasteiger partial charge in [-0.1, -0.05) is 26.2 Å². The predicted molar refractivity (Wildman–Crippen MR) is 80.3 cm³/mol. The lowest BCUT2D eigenvalue weighted by atomic mass is 9.93. The van der Waals surface area contributed by atoms with Crippen molar-refractivity contribution < 1.29 is 5.11 Å². The maximum Gasteiger partial charge on any atom is 0.0695 e. The average Bonchev–Trinajstić information content (AvgIpc) is 2.65. The Morgan fingerprint density at radius 1 is 1.05 bits per heavy atom. The third kappa shape index (κ3) is 4.73. The molecular weight excluding hydrogens is 236 g/mol. The minimum atomic E-state index is -0.0720. The lowest BCUT2D eigenvalue weighted by molar-refractivity contribution is 0.0252. The Balaban J connectivity index is 1.72. The number of nitrogens with one attached hydrogen (secondary N) is 1. The van der Waals surface area contributed by atoms with Crippen LogP contribution >= 0.6 is 0 Å². The zero-order valence-corrected chi connectivity index (χ0v) is 12.6. The van der Waals surface area contributed by atoms with Crippen molar-refractivity contribution in [2.75, 3.05) is 26.2 Å². The summed E-state index contributed by atoms with van der Waals surface area (Å²) in [5.41, 5.74) is 0. The van der Waals surface area contributed by atoms with Gasteiger partial charge < -0.3 is 10.4 Å². The van der Waals surface area contributed by atoms with Gasteiger partial charge >= 0.3 is 0 Å². The summed E-state index contributed by atoms with van der Waals surface area (Å²) < 4.78 is 0. The van der Waals surface area contributed by atoms with Crippen molar-refractivity contribution in [3.63, 3.8) is 0 Å². The summed E-state index contributed by atoms with van der Waals surface area (Å²) in [7, 11) is 0. The quantitative estimate of drug-likeness (QED) is 0.594. The highest BCUT2D eigenvalue weighted by Gasteiger charge is 2.30. The summed E-state index contributed by atoms with van der Waals surface area (Å²) in [6.45, 7) is 6.96. The van der Waals surface area contributed by atoms with Crippen LogP contribution in [0.5, 0.6) is 0 Å². The molecule has 1 aliphatic carbocycles. The average molecular weight is 268 g/mol. The first-order chi connectivity index (χ1) is 9.31. The van der Waals surface area contributed by atoms with Crippen LogP contribution in [0, 0.1) is 5.92 Å². The molecule has 0 aromatic rings. The molecule has 0 bridgehead atoms. The summed E-state index contributed by atoms with van der Waals surface area (Å²) in [5.74, 6) is 0.853. The van der Waals surface area contributed by atoms with Crippen molar-refractivity contribution in [2.45, 2.75) is 70.4 Å². The third-order valence-corrected chi connectivity index (χ3v) is 4.92. The Morgan fingerprint density at radius 3 is 2.53 bits per heavy atom. The van der Waals surface area contributed by atoms with Crippen LogP contribution < -0.4 is 5.32 Å². The zero-order valence-electron chi connectivity index (χ0n) is 12.6. The zero-order chi connectivity index (χ0) is 13.5. The molecule has 1 heterocycles. The molecule has 2 aliphatic rings. The smallest absolute Gasteiger partial charge is 0.0695 e. The molecule has 3 heteroatoms. The van der Waals surface area contributed by atoms with Crippen LogP contribution in [0.25, 0.3) is 0 Å². The van der Waals surface area contributed by atoms with Crippen LogP contribution in [0.4, 0.5) is 0 Å². The molecule has 2 atom stereocenters. The van der Waals surface area contributed by atoms with Crippen molar-refractivity contribution in [2.24, 2.45) is 5.92 Å². The van der Waals surface area contributed by atoms with Gasteiger partial charge in [-0.15, -0.1) is 0 Å². The second kappa shape index (κ2) is 8.23. The first kappa shape index (κ1) is 15.3. The van der Waals surface area contributed by atoms with Crippen LogP contribution in [0.3, 0.4) is 0 Å². The van der Waals surface area contributed by atoms with Gasteiger partial charge in [0, 0.05) is 6.04 Å². The van der Waals surface area contributed by atoms with Gasteiger partial charge in [0.25, 0.3) is 0 Å². The van der Waals surface area contributed by atoms with Crippen molar-refractivity contribution in [3.8, 4) is 0 Å². The highest BCUT2D eigenvalue weighted by Crippen LogP contribution is 2.26. The highest BCUT2D eigenvalue weighted by molar-refractivity contribution is 4.85. The van der Waals surface area contributed by atoms with E-state index in [1.165, 1.54) is 64.6 Å². The molecule has 1 aliphatic heterocycles. The molecule has 112 valence electrons. The Hall–Kier alpha value is -0.120. The monoisotopic (exact) mass is 268 g/mol. The molecule has 2 N–H and O–H groups in total. The van der Waals surface area contributed by atoms with Crippen LogP contribution in [-0.2, 0) is 0 Å². The van der Waals surface area contributed by atoms with Crippen LogP contribution in [0.2, 0.25) is 0 Å². The van der Waals surface area contributed by atoms with Gasteiger partial charge in [0.1, 0.15) is 0 Å². The van der Waals surface area contributed by atoms with Gasteiger partial charge in [0.2, 0.25) is 0 Å². The number of hydrogen-bond acceptors (Lipinski definition) is 3. The predicted octanol–water partition coefficient (Wildman–Crippen LogP) is 2.39. The second-order valence-electron chi connectivity index (χ2n) is 6.46. The van der Waals surface area contributed by atoms with E-state index in [2.05, 4.69) is 17.1 Å². The fourth-order valence-electron chi connectivity index (χ4n) is 3.67. The molecule has 3 nitrogen and oxygen atoms in total. The molecule has 0 radical (unpaired) electrons. The Bertz CT molecular complexity index is 239. The van der Waals surface area contributed by atoms with Crippen molar-refractivity contribution >= 4 is 0 Å². The largest absolute Gasteiger partial charge is 0.391 e. The molecule has 1 saturated carbocycles. The highest BCUT2D eigenvalue weighted by atomic mass is 16.3. The maximum atomic E-state index is 10.3. The molecule has 2 fully saturated rings. The summed E-state index contributed by atoms with van der Waals surface area (Å²) in [6.07, 6.45) is 9.83. The van der Waals surface area contributed by atoms with Crippen LogP contribution in [-0.4, -0.2) is 48.3 Å². The van der Waals surface area contributed by atoms with Crippen LogP contribution in [0.1, 0.15) is 58.3 Å². The lowest BCUT2D eigenvalue weighted by Crippen LogP contribution is -2.48. The number of piperidine rings is 1. The fraction of sp³-hybridized carbons (Fsp3) is 1.00. The van der Waals surface area contributed by atoms with Crippen LogP contribution in [0.15, 0.2) is 0 Å². The van der Waals surface area contributed by atoms with E-state index in [1.54, 1.807) is 0 Å². The summed E-state index contributed by atoms with van der Waals surface area (Å²) >= 11 is 0. The Labute approximate surface area is 118 Å². The molecule has 0 spiro atoms. The van der Waals surface area contributed by atoms with E-state index in [1.807, 2.05) is 0 Å². The standard InChI is InChI=1S/C16H32N2O/c1-2-10-17-13-14-8-11-18(12-9-14)15-6-4-3-5-7-16(15)19/h14-17,19H,2-13H2,1H3. The van der Waals surface area contributed by atoms with Gasteiger partial charge in [0.15, 0.2) is 0 Å². The summed E-state index contributed by atoms with van der Waals surface area (Å²) in [5, 5.41) is 13.8. The van der Waals surface area contributed by atoms with E-state index in [0.717, 1.165) is 18.9 Å². The van der Waals surface area contributed by atoms with Gasteiger partial charge in [-0.05, 0) is 64.2 Å². The third-order valence-electron chi connectivity index (χ3n) is 4.92. The Kier molecular flexibility index (Phi) is 6.62. The molecule has 1 saturated heterocycles. The van der Waals surface area contributed by atoms with E-state index in [4.69, 9.17) is 0 Å². The number of rotatable bonds is 5. The normalized spacial score (nSPS) is 31.3. The van der Waals surface area contributed by atoms with Crippen molar-refractivity contribution in [1.82, 2.24) is 10.2 Å². The van der Waals surface area contributed by atoms with Crippen molar-refractivity contribution in [1.29, 1.82) is 0 Å². The molecular formula is C16H32N2O. The van der Waals surface area contributed by atoms with E-state index in [9.17, 15) is 5.11 Å². The maximum absolute atomic E-state index is 10.3. The number of aliphatic hydroxyl groups excluding tert-OH is 1. The molecule has 2 rings (SSSR count). The number of nitrogens with zero attached hydrogens (tertiary/aromatic N) is 1. The lowest BCUT2D eigenvalue weighted by Gasteiger charge is -2.39. The first-order valence-corrected chi connectivity index (χ1v) is 8.44. The Morgan fingerprint density at radius 2 is 1.79 bits per heavy atom. The van der Waals surface area contributed by atoms with E-state index in [0.29, 0.717) is 6.04 Å². The van der Waals surface area contributed by atoms with Gasteiger partial charge in [-0.3, -0.25) is 4.90 Å². The number of aliphatic hydroxyl groups is 1. The molecule has 0 aromatic carbocycles. The first-order valence-electron chi connectivity index (χ1n) is 8.44. The van der Waals surface area contributed by atoms with Crippen molar-refractivity contribution in [3.05, 3.63) is 0 Å². The number of likely N-dealkylation sites (tertiary alicyclic amines) is 1. The molecule has 2 unspecified atom stereocenters. The van der Waals surface area contributed by atoms with E-state index in [-0.39, 0.29) is 6.10 Å². The van der Waals surface area contributed by atoms with Gasteiger partial charge in [-0.2, -0.15) is 0 Å². The number of hydrogen-bond donors (Lipinski definition) is 2. The molecule has 0 amide bonds. The SMILES string of the molecule is CCCNCC1CCN(C2CCCCCC2O)CC1. The molecule has 0 aromatic heterocycles. The van der Waals surface area contributed by atoms with Gasteiger partial charge in [-0.25, -0.2) is 0 Å². The van der Waals surface area contributed by atoms with E-state index >= 15 is 0 Å². The minimum Gasteiger partial charge on any atom is -0.391 e.